The number of thiophene rings is 1. The maximum Gasteiger partial charge on any atom is 0.234 e. The van der Waals surface area contributed by atoms with Crippen LogP contribution in [-0.2, 0) is 10.2 Å². The van der Waals surface area contributed by atoms with Crippen molar-refractivity contribution in [3.8, 4) is 5.75 Å². The van der Waals surface area contributed by atoms with Crippen LogP contribution in [0.15, 0.2) is 41.8 Å². The smallest absolute Gasteiger partial charge is 0.234 e. The molecule has 4 nitrogen and oxygen atoms in total. The van der Waals surface area contributed by atoms with Crippen molar-refractivity contribution in [1.29, 1.82) is 0 Å². The van der Waals surface area contributed by atoms with E-state index in [1.807, 2.05) is 24.3 Å². The molecule has 0 atom stereocenters. The van der Waals surface area contributed by atoms with Crippen molar-refractivity contribution in [3.63, 3.8) is 0 Å². The van der Waals surface area contributed by atoms with Crippen molar-refractivity contribution in [1.82, 2.24) is 4.90 Å². The molecule has 1 aromatic heterocycles. The number of rotatable bonds is 4. The quantitative estimate of drug-likeness (QED) is 0.856. The number of para-hydroxylation sites is 2. The van der Waals surface area contributed by atoms with Crippen molar-refractivity contribution < 1.29 is 9.53 Å². The van der Waals surface area contributed by atoms with E-state index in [4.69, 9.17) is 4.74 Å². The van der Waals surface area contributed by atoms with Gasteiger partial charge in [0.15, 0.2) is 0 Å². The Kier molecular flexibility index (Phi) is 3.96. The molecule has 2 heterocycles. The Morgan fingerprint density at radius 3 is 2.46 bits per heavy atom. The highest BCUT2D eigenvalue weighted by atomic mass is 32.1. The second-order valence-corrected chi connectivity index (χ2v) is 7.46. The van der Waals surface area contributed by atoms with Gasteiger partial charge in [-0.05, 0) is 36.4 Å². The summed E-state index contributed by atoms with van der Waals surface area (Å²) in [5.41, 5.74) is 0.910. The van der Waals surface area contributed by atoms with Crippen molar-refractivity contribution in [2.24, 2.45) is 0 Å². The Morgan fingerprint density at radius 1 is 1.08 bits per heavy atom. The second-order valence-electron chi connectivity index (χ2n) is 6.51. The molecule has 0 unspecified atom stereocenters. The topological polar surface area (TPSA) is 32.8 Å². The number of methoxy groups -OCH3 is 1. The number of hydrogen-bond donors (Lipinski definition) is 0. The summed E-state index contributed by atoms with van der Waals surface area (Å²) in [5.74, 6) is 1.22. The molecular weight excluding hydrogens is 320 g/mol. The maximum absolute atomic E-state index is 13.0. The Balaban J connectivity index is 1.44. The molecule has 2 aromatic rings. The van der Waals surface area contributed by atoms with E-state index in [1.165, 1.54) is 4.88 Å². The highest BCUT2D eigenvalue weighted by molar-refractivity contribution is 7.10. The van der Waals surface area contributed by atoms with Crippen LogP contribution >= 0.6 is 11.3 Å². The Hall–Kier alpha value is -2.01. The number of carbonyl (C=O) groups is 1. The normalized spacial score (nSPS) is 19.2. The predicted octanol–water partition coefficient (Wildman–Crippen LogP) is 3.14. The van der Waals surface area contributed by atoms with Crippen LogP contribution in [0.4, 0.5) is 5.69 Å². The number of benzene rings is 1. The molecule has 1 saturated heterocycles. The van der Waals surface area contributed by atoms with Crippen LogP contribution in [-0.4, -0.2) is 44.1 Å². The monoisotopic (exact) mass is 342 g/mol. The number of piperazine rings is 1. The number of carbonyl (C=O) groups excluding carboxylic acids is 1. The summed E-state index contributed by atoms with van der Waals surface area (Å²) in [6, 6.07) is 12.3. The van der Waals surface area contributed by atoms with Gasteiger partial charge in [-0.15, -0.1) is 11.3 Å². The van der Waals surface area contributed by atoms with Crippen LogP contribution in [0.3, 0.4) is 0 Å². The van der Waals surface area contributed by atoms with Crippen LogP contribution in [0.5, 0.6) is 5.75 Å². The van der Waals surface area contributed by atoms with Gasteiger partial charge >= 0.3 is 0 Å². The maximum atomic E-state index is 13.0. The first-order chi connectivity index (χ1) is 11.7. The first-order valence-electron chi connectivity index (χ1n) is 8.46. The fourth-order valence-electron chi connectivity index (χ4n) is 3.59. The van der Waals surface area contributed by atoms with Gasteiger partial charge in [-0.25, -0.2) is 0 Å². The minimum atomic E-state index is -0.208. The molecule has 1 saturated carbocycles. The third kappa shape index (κ3) is 2.57. The lowest BCUT2D eigenvalue weighted by Crippen LogP contribution is -2.51. The van der Waals surface area contributed by atoms with Gasteiger partial charge in [0.05, 0.1) is 18.2 Å². The van der Waals surface area contributed by atoms with E-state index >= 15 is 0 Å². The minimum Gasteiger partial charge on any atom is -0.495 e. The summed E-state index contributed by atoms with van der Waals surface area (Å²) in [7, 11) is 1.70. The molecule has 0 bridgehead atoms. The van der Waals surface area contributed by atoms with Gasteiger partial charge < -0.3 is 14.5 Å². The lowest BCUT2D eigenvalue weighted by atomic mass is 10.0. The van der Waals surface area contributed by atoms with E-state index in [-0.39, 0.29) is 5.41 Å². The Bertz CT molecular complexity index is 717. The first kappa shape index (κ1) is 15.5. The van der Waals surface area contributed by atoms with Crippen molar-refractivity contribution in [2.45, 2.75) is 18.3 Å². The standard InChI is InChI=1S/C19H22N2O2S/c1-23-16-6-3-2-5-15(16)20-10-12-21(13-11-20)18(22)19(8-9-19)17-7-4-14-24-17/h2-7,14H,8-13H2,1H3. The van der Waals surface area contributed by atoms with Crippen molar-refractivity contribution in [3.05, 3.63) is 46.7 Å². The second kappa shape index (κ2) is 6.13. The van der Waals surface area contributed by atoms with E-state index in [2.05, 4.69) is 27.3 Å². The molecule has 1 aliphatic carbocycles. The number of nitrogens with zero attached hydrogens (tertiary/aromatic N) is 2. The SMILES string of the molecule is COc1ccccc1N1CCN(C(=O)C2(c3cccs3)CC2)CC1. The summed E-state index contributed by atoms with van der Waals surface area (Å²) < 4.78 is 5.47. The van der Waals surface area contributed by atoms with Gasteiger partial charge in [0.2, 0.25) is 5.91 Å². The summed E-state index contributed by atoms with van der Waals surface area (Å²) >= 11 is 1.71. The van der Waals surface area contributed by atoms with Gasteiger partial charge in [-0.3, -0.25) is 4.79 Å². The zero-order valence-electron chi connectivity index (χ0n) is 13.9. The van der Waals surface area contributed by atoms with E-state index in [9.17, 15) is 4.79 Å². The fourth-order valence-corrected chi connectivity index (χ4v) is 4.56. The van der Waals surface area contributed by atoms with Gasteiger partial charge in [-0.1, -0.05) is 18.2 Å². The molecule has 0 spiro atoms. The van der Waals surface area contributed by atoms with Gasteiger partial charge in [0.1, 0.15) is 5.75 Å². The lowest BCUT2D eigenvalue weighted by molar-refractivity contribution is -0.134. The highest BCUT2D eigenvalue weighted by Gasteiger charge is 2.54. The average molecular weight is 342 g/mol. The molecule has 2 aliphatic rings. The first-order valence-corrected chi connectivity index (χ1v) is 9.34. The third-order valence-electron chi connectivity index (χ3n) is 5.14. The summed E-state index contributed by atoms with van der Waals surface area (Å²) in [5, 5.41) is 2.07. The highest BCUT2D eigenvalue weighted by Crippen LogP contribution is 2.51. The lowest BCUT2D eigenvalue weighted by Gasteiger charge is -2.38. The number of hydrogen-bond acceptors (Lipinski definition) is 4. The molecule has 1 aliphatic heterocycles. The van der Waals surface area contributed by atoms with Crippen LogP contribution in [0, 0.1) is 0 Å². The largest absolute Gasteiger partial charge is 0.495 e. The number of ether oxygens (including phenoxy) is 1. The summed E-state index contributed by atoms with van der Waals surface area (Å²) in [6.45, 7) is 3.27. The van der Waals surface area contributed by atoms with Crippen LogP contribution in [0.2, 0.25) is 0 Å². The molecule has 1 aromatic carbocycles. The van der Waals surface area contributed by atoms with E-state index in [1.54, 1.807) is 18.4 Å². The number of amides is 1. The molecule has 0 N–H and O–H groups in total. The Morgan fingerprint density at radius 2 is 1.83 bits per heavy atom. The Labute approximate surface area is 146 Å². The molecule has 0 radical (unpaired) electrons. The summed E-state index contributed by atoms with van der Waals surface area (Å²) in [6.07, 6.45) is 2.00. The number of anilines is 1. The van der Waals surface area contributed by atoms with Crippen LogP contribution in [0.25, 0.3) is 0 Å². The molecule has 5 heteroatoms. The van der Waals surface area contributed by atoms with Crippen molar-refractivity contribution >= 4 is 22.9 Å². The van der Waals surface area contributed by atoms with Gasteiger partial charge in [0, 0.05) is 31.1 Å². The van der Waals surface area contributed by atoms with E-state index < -0.39 is 0 Å². The van der Waals surface area contributed by atoms with Gasteiger partial charge in [-0.2, -0.15) is 0 Å². The van der Waals surface area contributed by atoms with E-state index in [0.29, 0.717) is 5.91 Å². The van der Waals surface area contributed by atoms with Crippen molar-refractivity contribution in [2.75, 3.05) is 38.2 Å². The third-order valence-corrected chi connectivity index (χ3v) is 6.22. The molecular formula is C19H22N2O2S. The molecule has 1 amide bonds. The zero-order valence-corrected chi connectivity index (χ0v) is 14.7. The minimum absolute atomic E-state index is 0.208. The zero-order chi connectivity index (χ0) is 16.6. The molecule has 24 heavy (non-hydrogen) atoms. The summed E-state index contributed by atoms with van der Waals surface area (Å²) in [4.78, 5) is 18.6. The molecule has 2 fully saturated rings. The molecule has 126 valence electrons. The van der Waals surface area contributed by atoms with Gasteiger partial charge in [0.25, 0.3) is 0 Å². The van der Waals surface area contributed by atoms with E-state index in [0.717, 1.165) is 50.5 Å². The fraction of sp³-hybridized carbons (Fsp3) is 0.421. The predicted molar refractivity (Wildman–Crippen MR) is 97.0 cm³/mol. The average Bonchev–Trinajstić information content (AvgIpc) is 3.27. The van der Waals surface area contributed by atoms with Crippen LogP contribution in [0.1, 0.15) is 17.7 Å². The molecule has 4 rings (SSSR count). The van der Waals surface area contributed by atoms with Crippen LogP contribution < -0.4 is 9.64 Å².